The van der Waals surface area contributed by atoms with E-state index in [-0.39, 0.29) is 5.92 Å². The first-order valence-corrected chi connectivity index (χ1v) is 6.90. The number of para-hydroxylation sites is 1. The van der Waals surface area contributed by atoms with Crippen molar-refractivity contribution in [2.75, 3.05) is 18.0 Å². The quantitative estimate of drug-likeness (QED) is 0.864. The van der Waals surface area contributed by atoms with Crippen LogP contribution in [0.3, 0.4) is 0 Å². The first-order valence-electron chi connectivity index (χ1n) is 6.90. The Bertz CT molecular complexity index is 458. The molecule has 0 radical (unpaired) electrons. The van der Waals surface area contributed by atoms with E-state index in [0.29, 0.717) is 18.4 Å². The number of rotatable bonds is 2. The molecule has 1 aliphatic heterocycles. The molecule has 0 spiro atoms. The molecule has 18 heavy (non-hydrogen) atoms. The summed E-state index contributed by atoms with van der Waals surface area (Å²) in [7, 11) is 0. The number of hydrogen-bond acceptors (Lipinski definition) is 2. The van der Waals surface area contributed by atoms with Crippen molar-refractivity contribution >= 4 is 11.6 Å². The van der Waals surface area contributed by atoms with Gasteiger partial charge >= 0.3 is 0 Å². The van der Waals surface area contributed by atoms with Crippen LogP contribution in [-0.4, -0.2) is 19.0 Å². The minimum Gasteiger partial charge on any atom is -0.330 e. The summed E-state index contributed by atoms with van der Waals surface area (Å²) in [4.78, 5) is 14.6. The molecule has 1 aromatic rings. The van der Waals surface area contributed by atoms with Crippen molar-refractivity contribution in [1.82, 2.24) is 0 Å². The lowest BCUT2D eigenvalue weighted by atomic mass is 9.94. The van der Waals surface area contributed by atoms with Crippen LogP contribution in [-0.2, 0) is 11.2 Å². The third-order valence-electron chi connectivity index (χ3n) is 4.43. The molecule has 0 saturated heterocycles. The van der Waals surface area contributed by atoms with E-state index in [2.05, 4.69) is 12.1 Å². The summed E-state index contributed by atoms with van der Waals surface area (Å²) in [5.74, 6) is 0.847. The lowest BCUT2D eigenvalue weighted by Gasteiger charge is -2.24. The van der Waals surface area contributed by atoms with Gasteiger partial charge in [-0.3, -0.25) is 4.79 Å². The van der Waals surface area contributed by atoms with Gasteiger partial charge in [0.2, 0.25) is 5.91 Å². The van der Waals surface area contributed by atoms with Crippen molar-refractivity contribution in [1.29, 1.82) is 0 Å². The second kappa shape index (κ2) is 4.73. The van der Waals surface area contributed by atoms with Crippen molar-refractivity contribution in [3.63, 3.8) is 0 Å². The van der Waals surface area contributed by atoms with Gasteiger partial charge in [-0.05, 0) is 43.4 Å². The van der Waals surface area contributed by atoms with Crippen LogP contribution in [0.15, 0.2) is 24.3 Å². The maximum atomic E-state index is 12.7. The maximum absolute atomic E-state index is 12.7. The molecule has 1 heterocycles. The molecule has 0 bridgehead atoms. The van der Waals surface area contributed by atoms with Crippen LogP contribution in [0.5, 0.6) is 0 Å². The average molecular weight is 244 g/mol. The fourth-order valence-corrected chi connectivity index (χ4v) is 3.41. The third kappa shape index (κ3) is 1.83. The lowest BCUT2D eigenvalue weighted by molar-refractivity contribution is -0.123. The van der Waals surface area contributed by atoms with Crippen molar-refractivity contribution in [3.05, 3.63) is 29.8 Å². The van der Waals surface area contributed by atoms with Gasteiger partial charge in [-0.25, -0.2) is 0 Å². The summed E-state index contributed by atoms with van der Waals surface area (Å²) in [6.45, 7) is 1.48. The van der Waals surface area contributed by atoms with Gasteiger partial charge in [-0.2, -0.15) is 0 Å². The third-order valence-corrected chi connectivity index (χ3v) is 4.43. The van der Waals surface area contributed by atoms with Crippen LogP contribution in [0, 0.1) is 11.8 Å². The minimum absolute atomic E-state index is 0.154. The Balaban J connectivity index is 1.82. The predicted octanol–water partition coefficient (Wildman–Crippen LogP) is 1.95. The molecule has 3 nitrogen and oxygen atoms in total. The molecule has 3 heteroatoms. The van der Waals surface area contributed by atoms with Crippen molar-refractivity contribution in [2.24, 2.45) is 17.6 Å². The molecule has 1 fully saturated rings. The topological polar surface area (TPSA) is 46.3 Å². The van der Waals surface area contributed by atoms with Gasteiger partial charge in [0.1, 0.15) is 0 Å². The zero-order valence-corrected chi connectivity index (χ0v) is 10.6. The summed E-state index contributed by atoms with van der Waals surface area (Å²) in [6, 6.07) is 8.24. The van der Waals surface area contributed by atoms with Crippen LogP contribution in [0.4, 0.5) is 5.69 Å². The second-order valence-corrected chi connectivity index (χ2v) is 5.40. The van der Waals surface area contributed by atoms with Crippen molar-refractivity contribution in [2.45, 2.75) is 25.7 Å². The van der Waals surface area contributed by atoms with Gasteiger partial charge in [0.15, 0.2) is 0 Å². The molecule has 0 aromatic heterocycles. The summed E-state index contributed by atoms with van der Waals surface area (Å²) in [5, 5.41) is 0. The van der Waals surface area contributed by atoms with Crippen molar-refractivity contribution in [3.8, 4) is 0 Å². The van der Waals surface area contributed by atoms with Gasteiger partial charge in [0, 0.05) is 18.2 Å². The highest BCUT2D eigenvalue weighted by Crippen LogP contribution is 2.36. The van der Waals surface area contributed by atoms with E-state index in [0.717, 1.165) is 37.9 Å². The van der Waals surface area contributed by atoms with Crippen LogP contribution in [0.1, 0.15) is 24.8 Å². The minimum atomic E-state index is 0.154. The number of carbonyl (C=O) groups excluding carboxylic acids is 1. The molecule has 1 saturated carbocycles. The Morgan fingerprint density at radius 1 is 1.33 bits per heavy atom. The molecule has 2 N–H and O–H groups in total. The van der Waals surface area contributed by atoms with E-state index in [9.17, 15) is 4.79 Å². The van der Waals surface area contributed by atoms with E-state index < -0.39 is 0 Å². The summed E-state index contributed by atoms with van der Waals surface area (Å²) in [5.41, 5.74) is 8.20. The molecular weight excluding hydrogens is 224 g/mol. The van der Waals surface area contributed by atoms with Crippen LogP contribution in [0.2, 0.25) is 0 Å². The molecule has 2 aliphatic rings. The van der Waals surface area contributed by atoms with Crippen LogP contribution < -0.4 is 10.6 Å². The molecular formula is C15H20N2O. The number of benzene rings is 1. The molecule has 0 unspecified atom stereocenters. The SMILES string of the molecule is NC[C@H]1CCC[C@H]1C(=O)N1CCc2ccccc21. The molecule has 96 valence electrons. The number of fused-ring (bicyclic) bond motifs is 1. The predicted molar refractivity (Wildman–Crippen MR) is 72.4 cm³/mol. The number of nitrogens with zero attached hydrogens (tertiary/aromatic N) is 1. The number of anilines is 1. The molecule has 1 aliphatic carbocycles. The zero-order valence-electron chi connectivity index (χ0n) is 10.6. The Morgan fingerprint density at radius 2 is 2.17 bits per heavy atom. The Hall–Kier alpha value is -1.35. The monoisotopic (exact) mass is 244 g/mol. The first-order chi connectivity index (χ1) is 8.81. The molecule has 3 rings (SSSR count). The number of carbonyl (C=O) groups is 1. The highest BCUT2D eigenvalue weighted by molar-refractivity contribution is 5.97. The number of hydrogen-bond donors (Lipinski definition) is 1. The van der Waals surface area contributed by atoms with Gasteiger partial charge in [0.05, 0.1) is 0 Å². The van der Waals surface area contributed by atoms with E-state index in [1.165, 1.54) is 5.56 Å². The standard InChI is InChI=1S/C15H20N2O/c16-10-12-5-3-6-13(12)15(18)17-9-8-11-4-1-2-7-14(11)17/h1-2,4,7,12-13H,3,5-6,8-10,16H2/t12-,13-/m1/s1. The fraction of sp³-hybridized carbons (Fsp3) is 0.533. The normalized spacial score (nSPS) is 26.4. The lowest BCUT2D eigenvalue weighted by Crippen LogP contribution is -2.38. The van der Waals surface area contributed by atoms with E-state index in [4.69, 9.17) is 5.73 Å². The fourth-order valence-electron chi connectivity index (χ4n) is 3.41. The molecule has 1 amide bonds. The molecule has 1 aromatic carbocycles. The number of nitrogens with two attached hydrogens (primary N) is 1. The van der Waals surface area contributed by atoms with Crippen molar-refractivity contribution < 1.29 is 4.79 Å². The van der Waals surface area contributed by atoms with Gasteiger partial charge in [-0.15, -0.1) is 0 Å². The largest absolute Gasteiger partial charge is 0.330 e. The summed E-state index contributed by atoms with van der Waals surface area (Å²) < 4.78 is 0. The highest BCUT2D eigenvalue weighted by Gasteiger charge is 2.36. The van der Waals surface area contributed by atoms with E-state index in [1.54, 1.807) is 0 Å². The number of amides is 1. The zero-order chi connectivity index (χ0) is 12.5. The van der Waals surface area contributed by atoms with E-state index in [1.807, 2.05) is 17.0 Å². The Labute approximate surface area is 108 Å². The second-order valence-electron chi connectivity index (χ2n) is 5.40. The van der Waals surface area contributed by atoms with E-state index >= 15 is 0 Å². The van der Waals surface area contributed by atoms with Gasteiger partial charge in [-0.1, -0.05) is 24.6 Å². The van der Waals surface area contributed by atoms with Gasteiger partial charge in [0.25, 0.3) is 0 Å². The Kier molecular flexibility index (Phi) is 3.08. The summed E-state index contributed by atoms with van der Waals surface area (Å²) >= 11 is 0. The van der Waals surface area contributed by atoms with Crippen LogP contribution in [0.25, 0.3) is 0 Å². The summed E-state index contributed by atoms with van der Waals surface area (Å²) in [6.07, 6.45) is 4.26. The van der Waals surface area contributed by atoms with Gasteiger partial charge < -0.3 is 10.6 Å². The average Bonchev–Trinajstić information content (AvgIpc) is 3.04. The van der Waals surface area contributed by atoms with Crippen LogP contribution >= 0.6 is 0 Å². The smallest absolute Gasteiger partial charge is 0.230 e. The maximum Gasteiger partial charge on any atom is 0.230 e. The Morgan fingerprint density at radius 3 is 3.00 bits per heavy atom. The highest BCUT2D eigenvalue weighted by atomic mass is 16.2. The first kappa shape index (κ1) is 11.7. The molecule has 2 atom stereocenters.